The van der Waals surface area contributed by atoms with Gasteiger partial charge in [0.15, 0.2) is 0 Å². The first-order valence-corrected chi connectivity index (χ1v) is 5.76. The highest BCUT2D eigenvalue weighted by Crippen LogP contribution is 2.36. The minimum atomic E-state index is -0.0753. The van der Waals surface area contributed by atoms with Crippen LogP contribution in [0.25, 0.3) is 10.1 Å². The van der Waals surface area contributed by atoms with E-state index in [-0.39, 0.29) is 4.29 Å². The van der Waals surface area contributed by atoms with Gasteiger partial charge in [-0.1, -0.05) is 34.1 Å². The molecule has 0 amide bonds. The summed E-state index contributed by atoms with van der Waals surface area (Å²) in [6.07, 6.45) is 0. The van der Waals surface area contributed by atoms with Gasteiger partial charge in [0.05, 0.1) is 0 Å². The number of rotatable bonds is 1. The molecular formula is C9H6BrClS. The zero-order valence-electron chi connectivity index (χ0n) is 6.13. The zero-order valence-corrected chi connectivity index (χ0v) is 9.29. The molecule has 0 saturated carbocycles. The van der Waals surface area contributed by atoms with Crippen molar-refractivity contribution >= 4 is 49.0 Å². The Hall–Kier alpha value is -0.0500. The predicted molar refractivity (Wildman–Crippen MR) is 59.3 cm³/mol. The molecule has 0 N–H and O–H groups in total. The van der Waals surface area contributed by atoms with E-state index in [1.54, 1.807) is 11.3 Å². The van der Waals surface area contributed by atoms with Crippen molar-refractivity contribution < 1.29 is 0 Å². The summed E-state index contributed by atoms with van der Waals surface area (Å²) >= 11 is 11.0. The van der Waals surface area contributed by atoms with Gasteiger partial charge in [0.1, 0.15) is 4.29 Å². The van der Waals surface area contributed by atoms with Gasteiger partial charge in [-0.25, -0.2) is 0 Å². The van der Waals surface area contributed by atoms with E-state index in [0.717, 1.165) is 5.56 Å². The van der Waals surface area contributed by atoms with E-state index in [0.29, 0.717) is 0 Å². The molecule has 0 nitrogen and oxygen atoms in total. The molecule has 1 atom stereocenters. The molecule has 62 valence electrons. The van der Waals surface area contributed by atoms with Gasteiger partial charge in [0.25, 0.3) is 0 Å². The van der Waals surface area contributed by atoms with Gasteiger partial charge < -0.3 is 0 Å². The highest BCUT2D eigenvalue weighted by atomic mass is 79.9. The molecule has 0 spiro atoms. The quantitative estimate of drug-likeness (QED) is 0.662. The van der Waals surface area contributed by atoms with Gasteiger partial charge in [-0.3, -0.25) is 0 Å². The fourth-order valence-corrected chi connectivity index (χ4v) is 2.96. The van der Waals surface area contributed by atoms with Crippen molar-refractivity contribution in [2.45, 2.75) is 4.29 Å². The zero-order chi connectivity index (χ0) is 8.55. The van der Waals surface area contributed by atoms with Crippen molar-refractivity contribution in [3.05, 3.63) is 35.2 Å². The number of alkyl halides is 2. The second-order valence-electron chi connectivity index (χ2n) is 2.49. The monoisotopic (exact) mass is 260 g/mol. The average Bonchev–Trinajstić information content (AvgIpc) is 2.47. The second kappa shape index (κ2) is 3.36. The third-order valence-corrected chi connectivity index (χ3v) is 3.46. The van der Waals surface area contributed by atoms with E-state index >= 15 is 0 Å². The summed E-state index contributed by atoms with van der Waals surface area (Å²) < 4.78 is 1.21. The largest absolute Gasteiger partial charge is 0.143 e. The van der Waals surface area contributed by atoms with Gasteiger partial charge in [0.2, 0.25) is 0 Å². The molecule has 2 rings (SSSR count). The molecule has 0 aliphatic heterocycles. The van der Waals surface area contributed by atoms with Crippen molar-refractivity contribution in [2.75, 3.05) is 0 Å². The summed E-state index contributed by atoms with van der Waals surface area (Å²) in [4.78, 5) is 0. The molecule has 12 heavy (non-hydrogen) atoms. The maximum atomic E-state index is 5.95. The SMILES string of the molecule is ClC(Br)c1csc2ccccc12. The average molecular weight is 262 g/mol. The van der Waals surface area contributed by atoms with Crippen LogP contribution < -0.4 is 0 Å². The molecule has 0 aliphatic carbocycles. The van der Waals surface area contributed by atoms with Crippen molar-refractivity contribution in [3.63, 3.8) is 0 Å². The Labute approximate surface area is 88.3 Å². The van der Waals surface area contributed by atoms with E-state index in [2.05, 4.69) is 33.4 Å². The Morgan fingerprint density at radius 2 is 2.08 bits per heavy atom. The van der Waals surface area contributed by atoms with E-state index in [9.17, 15) is 0 Å². The Morgan fingerprint density at radius 3 is 2.83 bits per heavy atom. The van der Waals surface area contributed by atoms with Crippen LogP contribution in [0.4, 0.5) is 0 Å². The fourth-order valence-electron chi connectivity index (χ4n) is 1.17. The first-order valence-electron chi connectivity index (χ1n) is 3.53. The number of hydrogen-bond donors (Lipinski definition) is 0. The minimum Gasteiger partial charge on any atom is -0.143 e. The van der Waals surface area contributed by atoms with Crippen LogP contribution in [0, 0.1) is 0 Å². The maximum absolute atomic E-state index is 5.95. The summed E-state index contributed by atoms with van der Waals surface area (Å²) in [5.74, 6) is 0. The lowest BCUT2D eigenvalue weighted by molar-refractivity contribution is 1.48. The van der Waals surface area contributed by atoms with Gasteiger partial charge in [-0.05, 0) is 22.4 Å². The molecule has 3 heteroatoms. The van der Waals surface area contributed by atoms with Crippen LogP contribution >= 0.6 is 38.9 Å². The van der Waals surface area contributed by atoms with Crippen LogP contribution in [0.2, 0.25) is 0 Å². The Morgan fingerprint density at radius 1 is 1.33 bits per heavy atom. The van der Waals surface area contributed by atoms with Crippen LogP contribution in [-0.2, 0) is 0 Å². The van der Waals surface area contributed by atoms with Gasteiger partial charge >= 0.3 is 0 Å². The lowest BCUT2D eigenvalue weighted by atomic mass is 10.2. The van der Waals surface area contributed by atoms with E-state index in [1.165, 1.54) is 10.1 Å². The van der Waals surface area contributed by atoms with Gasteiger partial charge in [-0.2, -0.15) is 0 Å². The summed E-state index contributed by atoms with van der Waals surface area (Å²) in [7, 11) is 0. The van der Waals surface area contributed by atoms with Crippen LogP contribution in [0.1, 0.15) is 9.85 Å². The Balaban J connectivity index is 2.70. The molecule has 1 aromatic carbocycles. The summed E-state index contributed by atoms with van der Waals surface area (Å²) in [5, 5.41) is 3.34. The van der Waals surface area contributed by atoms with E-state index in [4.69, 9.17) is 11.6 Å². The molecule has 0 aliphatic rings. The van der Waals surface area contributed by atoms with Gasteiger partial charge in [0, 0.05) is 4.70 Å². The number of halogens is 2. The first kappa shape index (κ1) is 8.54. The maximum Gasteiger partial charge on any atom is 0.115 e. The topological polar surface area (TPSA) is 0 Å². The Kier molecular flexibility index (Phi) is 2.40. The van der Waals surface area contributed by atoms with Crippen LogP contribution in [0.3, 0.4) is 0 Å². The van der Waals surface area contributed by atoms with Crippen molar-refractivity contribution in [1.29, 1.82) is 0 Å². The molecule has 1 unspecified atom stereocenters. The van der Waals surface area contributed by atoms with Crippen molar-refractivity contribution in [2.24, 2.45) is 0 Å². The van der Waals surface area contributed by atoms with Crippen LogP contribution in [-0.4, -0.2) is 0 Å². The third kappa shape index (κ3) is 1.39. The predicted octanol–water partition coefficient (Wildman–Crippen LogP) is 4.53. The molecule has 0 fully saturated rings. The lowest BCUT2D eigenvalue weighted by Crippen LogP contribution is -1.75. The molecular weight excluding hydrogens is 256 g/mol. The minimum absolute atomic E-state index is 0.0753. The highest BCUT2D eigenvalue weighted by molar-refractivity contribution is 9.09. The normalized spacial score (nSPS) is 13.5. The van der Waals surface area contributed by atoms with Crippen LogP contribution in [0.5, 0.6) is 0 Å². The Bertz CT molecular complexity index is 394. The van der Waals surface area contributed by atoms with E-state index < -0.39 is 0 Å². The summed E-state index contributed by atoms with van der Waals surface area (Å²) in [6.45, 7) is 0. The van der Waals surface area contributed by atoms with E-state index in [1.807, 2.05) is 12.1 Å². The first-order chi connectivity index (χ1) is 5.79. The molecule has 2 aromatic rings. The summed E-state index contributed by atoms with van der Waals surface area (Å²) in [6, 6.07) is 8.28. The third-order valence-electron chi connectivity index (χ3n) is 1.75. The second-order valence-corrected chi connectivity index (χ2v) is 5.28. The lowest BCUT2D eigenvalue weighted by Gasteiger charge is -1.97. The number of hydrogen-bond acceptors (Lipinski definition) is 1. The standard InChI is InChI=1S/C9H6BrClS/c10-9(11)7-5-12-8-4-2-1-3-6(7)8/h1-5,9H. The molecule has 0 saturated heterocycles. The van der Waals surface area contributed by atoms with Crippen molar-refractivity contribution in [3.8, 4) is 0 Å². The van der Waals surface area contributed by atoms with Crippen molar-refractivity contribution in [1.82, 2.24) is 0 Å². The summed E-state index contributed by atoms with van der Waals surface area (Å²) in [5.41, 5.74) is 1.16. The van der Waals surface area contributed by atoms with Crippen LogP contribution in [0.15, 0.2) is 29.6 Å². The number of thiophene rings is 1. The van der Waals surface area contributed by atoms with Gasteiger partial charge in [-0.15, -0.1) is 22.9 Å². The number of benzene rings is 1. The molecule has 0 radical (unpaired) electrons. The fraction of sp³-hybridized carbons (Fsp3) is 0.111. The smallest absolute Gasteiger partial charge is 0.115 e. The molecule has 0 bridgehead atoms. The highest BCUT2D eigenvalue weighted by Gasteiger charge is 2.08. The molecule has 1 heterocycles. The molecule has 1 aromatic heterocycles. The number of fused-ring (bicyclic) bond motifs is 1.